The molecular weight excluding hydrogens is 419 g/mol. The fourth-order valence-corrected chi connectivity index (χ4v) is 1.88. The smallest absolute Gasteiger partial charge is 0.211 e. The molecule has 15 heteroatoms. The first-order valence-electron chi connectivity index (χ1n) is 6.50. The van der Waals surface area contributed by atoms with Gasteiger partial charge in [-0.05, 0) is 0 Å². The predicted octanol–water partition coefficient (Wildman–Crippen LogP) is -2.75. The molecule has 148 valence electrons. The topological polar surface area (TPSA) is 230 Å². The van der Waals surface area contributed by atoms with E-state index in [1.54, 1.807) is 24.3 Å². The Kier molecular flexibility index (Phi) is 11.1. The second-order valence-corrected chi connectivity index (χ2v) is 4.47. The van der Waals surface area contributed by atoms with Gasteiger partial charge < -0.3 is 34.4 Å². The number of fused-ring (bicyclic) bond motifs is 1. The van der Waals surface area contributed by atoms with Gasteiger partial charge in [-0.15, -0.1) is 67.8 Å². The van der Waals surface area contributed by atoms with Crippen molar-refractivity contribution in [2.24, 2.45) is 65.0 Å². The van der Waals surface area contributed by atoms with Crippen LogP contribution in [-0.2, 0) is 0 Å². The molecule has 12 N–H and O–H groups in total. The molecule has 2 aromatic rings. The molecule has 0 saturated carbocycles. The van der Waals surface area contributed by atoms with Crippen LogP contribution in [0.5, 0.6) is 0 Å². The van der Waals surface area contributed by atoms with E-state index < -0.39 is 0 Å². The Bertz CT molecular complexity index is 948. The van der Waals surface area contributed by atoms with Crippen LogP contribution in [0.2, 0.25) is 0 Å². The summed E-state index contributed by atoms with van der Waals surface area (Å²) in [5.74, 6) is -0.701. The summed E-state index contributed by atoms with van der Waals surface area (Å²) < 4.78 is 0. The number of hydrogen-bond donors (Lipinski definition) is 6. The summed E-state index contributed by atoms with van der Waals surface area (Å²) in [6.07, 6.45) is 0. The van der Waals surface area contributed by atoms with Gasteiger partial charge >= 0.3 is 0 Å². The van der Waals surface area contributed by atoms with E-state index >= 15 is 0 Å². The van der Waals surface area contributed by atoms with Crippen LogP contribution in [-0.4, -0.2) is 17.9 Å². The maximum atomic E-state index is 5.32. The van der Waals surface area contributed by atoms with Crippen molar-refractivity contribution in [3.8, 4) is 0 Å². The van der Waals surface area contributed by atoms with Crippen molar-refractivity contribution in [3.63, 3.8) is 0 Å². The molecule has 0 heterocycles. The molecule has 0 fully saturated rings. The summed E-state index contributed by atoms with van der Waals surface area (Å²) in [4.78, 5) is 0. The highest BCUT2D eigenvalue weighted by Crippen LogP contribution is 2.03. The minimum atomic E-state index is -0.249. The molecule has 0 radical (unpaired) electrons. The first-order chi connectivity index (χ1) is 11.4. The van der Waals surface area contributed by atoms with Crippen LogP contribution >= 0.6 is 37.2 Å². The Hall–Kier alpha value is -3.09. The monoisotopic (exact) mass is 436 g/mol. The number of rotatable bonds is 3. The summed E-state index contributed by atoms with van der Waals surface area (Å²) in [5.41, 5.74) is 31.9. The van der Waals surface area contributed by atoms with Crippen LogP contribution in [0, 0.1) is 0 Å². The zero-order valence-electron chi connectivity index (χ0n) is 13.7. The summed E-state index contributed by atoms with van der Waals surface area (Å²) in [5, 5.41) is 25.0. The third-order valence-electron chi connectivity index (χ3n) is 2.68. The molecule has 0 unspecified atom stereocenters. The van der Waals surface area contributed by atoms with Crippen LogP contribution < -0.4 is 50.5 Å². The molecule has 0 bridgehead atoms. The van der Waals surface area contributed by atoms with E-state index in [4.69, 9.17) is 34.4 Å². The molecule has 12 nitrogen and oxygen atoms in total. The van der Waals surface area contributed by atoms with E-state index in [2.05, 4.69) is 30.6 Å². The molecule has 2 aromatic carbocycles. The van der Waals surface area contributed by atoms with Gasteiger partial charge in [0.25, 0.3) is 0 Å². The Morgan fingerprint density at radius 2 is 0.815 bits per heavy atom. The third-order valence-corrected chi connectivity index (χ3v) is 2.68. The second-order valence-electron chi connectivity index (χ2n) is 4.47. The Labute approximate surface area is 171 Å². The molecule has 0 atom stereocenters. The van der Waals surface area contributed by atoms with Crippen molar-refractivity contribution in [1.29, 1.82) is 0 Å². The van der Waals surface area contributed by atoms with Gasteiger partial charge in [-0.2, -0.15) is 0 Å². The van der Waals surface area contributed by atoms with Gasteiger partial charge in [0.15, 0.2) is 0 Å². The largest absolute Gasteiger partial charge is 0.369 e. The number of guanidine groups is 3. The maximum absolute atomic E-state index is 5.32. The lowest BCUT2D eigenvalue weighted by molar-refractivity contribution is 1.02. The summed E-state index contributed by atoms with van der Waals surface area (Å²) >= 11 is 0. The lowest BCUT2D eigenvalue weighted by Gasteiger charge is -1.87. The maximum Gasteiger partial charge on any atom is 0.211 e. The highest BCUT2D eigenvalue weighted by Gasteiger charge is 2.08. The van der Waals surface area contributed by atoms with Crippen molar-refractivity contribution in [1.82, 2.24) is 0 Å². The van der Waals surface area contributed by atoms with E-state index in [0.29, 0.717) is 21.5 Å². The van der Waals surface area contributed by atoms with Gasteiger partial charge in [0.05, 0.1) is 0 Å². The minimum Gasteiger partial charge on any atom is -0.369 e. The molecule has 0 amide bonds. The zero-order chi connectivity index (χ0) is 17.7. The van der Waals surface area contributed by atoms with Crippen molar-refractivity contribution in [2.45, 2.75) is 0 Å². The fourth-order valence-electron chi connectivity index (χ4n) is 1.88. The zero-order valence-corrected chi connectivity index (χ0v) is 16.1. The number of nitrogens with zero attached hydrogens (tertiary/aromatic N) is 6. The van der Waals surface area contributed by atoms with Gasteiger partial charge in [-0.1, -0.05) is 24.3 Å². The summed E-state index contributed by atoms with van der Waals surface area (Å²) in [7, 11) is 0. The van der Waals surface area contributed by atoms with Gasteiger partial charge in [0.2, 0.25) is 17.9 Å². The minimum absolute atomic E-state index is 0. The predicted molar refractivity (Wildman–Crippen MR) is 112 cm³/mol. The SMILES string of the molecule is Cl.Cl.Cl.NC(N)=NN=c1c(=NN=C(N)N)c2ccccc2c1=NN=C(N)N. The van der Waals surface area contributed by atoms with Gasteiger partial charge in [-0.3, -0.25) is 0 Å². The van der Waals surface area contributed by atoms with Crippen molar-refractivity contribution in [3.05, 3.63) is 40.3 Å². The standard InChI is InChI=1S/C12H16N12.3ClH/c13-10(14)22-19-7-5-3-1-2-4-6(5)8(20-23-11(15)16)9(7)21-24-12(17)18;;;/h1-4H,(H4,13,14,22)(H4,15,16,23)(H4,17,18,24);3*1H. The van der Waals surface area contributed by atoms with Crippen LogP contribution in [0.15, 0.2) is 54.9 Å². The Morgan fingerprint density at radius 1 is 0.519 bits per heavy atom. The number of halogens is 3. The Morgan fingerprint density at radius 3 is 1.11 bits per heavy atom. The third kappa shape index (κ3) is 6.62. The average molecular weight is 438 g/mol. The van der Waals surface area contributed by atoms with Crippen LogP contribution in [0.4, 0.5) is 0 Å². The Balaban J connectivity index is 0. The van der Waals surface area contributed by atoms with E-state index in [1.807, 2.05) is 0 Å². The molecule has 0 aliphatic carbocycles. The highest BCUT2D eigenvalue weighted by molar-refractivity contribution is 5.86. The number of benzene rings is 1. The lowest BCUT2D eigenvalue weighted by atomic mass is 10.2. The molecule has 0 aliphatic rings. The van der Waals surface area contributed by atoms with Crippen molar-refractivity contribution >= 4 is 65.9 Å². The summed E-state index contributed by atoms with van der Waals surface area (Å²) in [6, 6.07) is 7.15. The van der Waals surface area contributed by atoms with Gasteiger partial charge in [0, 0.05) is 10.8 Å². The van der Waals surface area contributed by atoms with E-state index in [1.165, 1.54) is 0 Å². The first-order valence-corrected chi connectivity index (χ1v) is 6.50. The molecule has 2 rings (SSSR count). The van der Waals surface area contributed by atoms with Crippen LogP contribution in [0.3, 0.4) is 0 Å². The fraction of sp³-hybridized carbons (Fsp3) is 0. The van der Waals surface area contributed by atoms with E-state index in [-0.39, 0.29) is 60.5 Å². The van der Waals surface area contributed by atoms with E-state index in [9.17, 15) is 0 Å². The number of nitrogens with two attached hydrogens (primary N) is 6. The summed E-state index contributed by atoms with van der Waals surface area (Å²) in [6.45, 7) is 0. The lowest BCUT2D eigenvalue weighted by Crippen LogP contribution is -2.34. The molecular formula is C12H19Cl3N12. The van der Waals surface area contributed by atoms with Gasteiger partial charge in [-0.25, -0.2) is 0 Å². The molecule has 0 aromatic heterocycles. The normalized spacial score (nSPS) is 10.7. The molecule has 0 aliphatic heterocycles. The highest BCUT2D eigenvalue weighted by atomic mass is 35.5. The van der Waals surface area contributed by atoms with Crippen LogP contribution in [0.1, 0.15) is 0 Å². The average Bonchev–Trinajstić information content (AvgIpc) is 2.81. The van der Waals surface area contributed by atoms with Gasteiger partial charge in [0.1, 0.15) is 16.1 Å². The molecule has 27 heavy (non-hydrogen) atoms. The number of hydrogen-bond acceptors (Lipinski definition) is 6. The van der Waals surface area contributed by atoms with Crippen molar-refractivity contribution in [2.75, 3.05) is 0 Å². The molecule has 0 saturated heterocycles. The second kappa shape index (κ2) is 11.5. The van der Waals surface area contributed by atoms with Crippen LogP contribution in [0.25, 0.3) is 10.8 Å². The van der Waals surface area contributed by atoms with Crippen molar-refractivity contribution < 1.29 is 0 Å². The molecule has 0 spiro atoms. The van der Waals surface area contributed by atoms with E-state index in [0.717, 1.165) is 0 Å². The first kappa shape index (κ1) is 26.1. The quantitative estimate of drug-likeness (QED) is 0.169.